The van der Waals surface area contributed by atoms with E-state index in [0.29, 0.717) is 10.7 Å². The van der Waals surface area contributed by atoms with Crippen molar-refractivity contribution in [3.63, 3.8) is 0 Å². The first kappa shape index (κ1) is 12.8. The SMILES string of the molecule is Cc1ccc(I)cc1-n1c(C(C)C)n[nH]c1=S. The Hall–Kier alpha value is -0.690. The van der Waals surface area contributed by atoms with Crippen molar-refractivity contribution in [2.24, 2.45) is 0 Å². The predicted octanol–water partition coefficient (Wildman–Crippen LogP) is 3.97. The molecule has 2 aromatic rings. The first-order valence-corrected chi connectivity index (χ1v) is 6.93. The van der Waals surface area contributed by atoms with Crippen molar-refractivity contribution in [3.8, 4) is 5.69 Å². The number of rotatable bonds is 2. The maximum atomic E-state index is 5.32. The van der Waals surface area contributed by atoms with Crippen molar-refractivity contribution < 1.29 is 0 Å². The Morgan fingerprint density at radius 2 is 2.12 bits per heavy atom. The third-order valence-corrected chi connectivity index (χ3v) is 3.57. The van der Waals surface area contributed by atoms with E-state index in [0.717, 1.165) is 11.5 Å². The molecule has 0 saturated carbocycles. The van der Waals surface area contributed by atoms with E-state index in [9.17, 15) is 0 Å². The number of hydrogen-bond donors (Lipinski definition) is 1. The Bertz CT molecular complexity index is 598. The zero-order chi connectivity index (χ0) is 12.6. The number of aryl methyl sites for hydroxylation is 1. The van der Waals surface area contributed by atoms with Gasteiger partial charge in [0.2, 0.25) is 0 Å². The molecule has 0 spiro atoms. The van der Waals surface area contributed by atoms with Crippen molar-refractivity contribution in [1.82, 2.24) is 14.8 Å². The predicted molar refractivity (Wildman–Crippen MR) is 80.3 cm³/mol. The number of benzene rings is 1. The lowest BCUT2D eigenvalue weighted by Gasteiger charge is -2.12. The van der Waals surface area contributed by atoms with Gasteiger partial charge in [-0.3, -0.25) is 9.67 Å². The number of halogens is 1. The van der Waals surface area contributed by atoms with Crippen LogP contribution in [0.25, 0.3) is 5.69 Å². The quantitative estimate of drug-likeness (QED) is 0.650. The molecule has 90 valence electrons. The fourth-order valence-electron chi connectivity index (χ4n) is 1.75. The van der Waals surface area contributed by atoms with Crippen LogP contribution in [0.15, 0.2) is 18.2 Å². The summed E-state index contributed by atoms with van der Waals surface area (Å²) in [5.41, 5.74) is 2.31. The number of aromatic amines is 1. The number of nitrogens with zero attached hydrogens (tertiary/aromatic N) is 2. The molecule has 1 aromatic heterocycles. The fraction of sp³-hybridized carbons (Fsp3) is 0.333. The summed E-state index contributed by atoms with van der Waals surface area (Å²) in [7, 11) is 0. The molecule has 3 nitrogen and oxygen atoms in total. The minimum absolute atomic E-state index is 0.334. The topological polar surface area (TPSA) is 33.6 Å². The van der Waals surface area contributed by atoms with Crippen molar-refractivity contribution in [3.05, 3.63) is 37.9 Å². The van der Waals surface area contributed by atoms with Crippen LogP contribution in [-0.4, -0.2) is 14.8 Å². The summed E-state index contributed by atoms with van der Waals surface area (Å²) in [4.78, 5) is 0. The summed E-state index contributed by atoms with van der Waals surface area (Å²) >= 11 is 7.63. The summed E-state index contributed by atoms with van der Waals surface area (Å²) in [5.74, 6) is 1.31. The van der Waals surface area contributed by atoms with Crippen LogP contribution in [0.4, 0.5) is 0 Å². The summed E-state index contributed by atoms with van der Waals surface area (Å²) in [5, 5.41) is 7.18. The van der Waals surface area contributed by atoms with E-state index in [2.05, 4.69) is 71.8 Å². The van der Waals surface area contributed by atoms with Gasteiger partial charge in [0.25, 0.3) is 0 Å². The van der Waals surface area contributed by atoms with Crippen LogP contribution in [0, 0.1) is 15.3 Å². The van der Waals surface area contributed by atoms with E-state index in [4.69, 9.17) is 12.2 Å². The van der Waals surface area contributed by atoms with Gasteiger partial charge in [-0.25, -0.2) is 0 Å². The second-order valence-corrected chi connectivity index (χ2v) is 5.94. The molecule has 0 unspecified atom stereocenters. The van der Waals surface area contributed by atoms with Crippen LogP contribution < -0.4 is 0 Å². The van der Waals surface area contributed by atoms with Gasteiger partial charge in [0.15, 0.2) is 4.77 Å². The Morgan fingerprint density at radius 3 is 2.76 bits per heavy atom. The molecule has 0 aliphatic heterocycles. The third kappa shape index (κ3) is 2.44. The highest BCUT2D eigenvalue weighted by atomic mass is 127. The molecule has 1 N–H and O–H groups in total. The average Bonchev–Trinajstić information content (AvgIpc) is 2.64. The molecular weight excluding hydrogens is 345 g/mol. The highest BCUT2D eigenvalue weighted by molar-refractivity contribution is 14.1. The van der Waals surface area contributed by atoms with Crippen LogP contribution in [0.5, 0.6) is 0 Å². The van der Waals surface area contributed by atoms with E-state index < -0.39 is 0 Å². The van der Waals surface area contributed by atoms with Gasteiger partial charge in [0.1, 0.15) is 5.82 Å². The Labute approximate surface area is 119 Å². The molecule has 0 bridgehead atoms. The lowest BCUT2D eigenvalue weighted by molar-refractivity contribution is 0.742. The van der Waals surface area contributed by atoms with Crippen molar-refractivity contribution in [1.29, 1.82) is 0 Å². The van der Waals surface area contributed by atoms with Gasteiger partial charge >= 0.3 is 0 Å². The lowest BCUT2D eigenvalue weighted by Crippen LogP contribution is -2.05. The Kier molecular flexibility index (Phi) is 3.67. The summed E-state index contributed by atoms with van der Waals surface area (Å²) in [6.45, 7) is 6.32. The van der Waals surface area contributed by atoms with Crippen molar-refractivity contribution >= 4 is 34.8 Å². The third-order valence-electron chi connectivity index (χ3n) is 2.63. The van der Waals surface area contributed by atoms with E-state index in [1.54, 1.807) is 0 Å². The normalized spacial score (nSPS) is 11.1. The minimum atomic E-state index is 0.334. The van der Waals surface area contributed by atoms with Gasteiger partial charge in [-0.15, -0.1) is 0 Å². The highest BCUT2D eigenvalue weighted by Crippen LogP contribution is 2.22. The van der Waals surface area contributed by atoms with Gasteiger partial charge in [-0.1, -0.05) is 19.9 Å². The van der Waals surface area contributed by atoms with Crippen LogP contribution >= 0.6 is 34.8 Å². The molecule has 1 aromatic carbocycles. The molecule has 0 atom stereocenters. The first-order valence-electron chi connectivity index (χ1n) is 5.44. The molecule has 1 heterocycles. The van der Waals surface area contributed by atoms with Crippen molar-refractivity contribution in [2.75, 3.05) is 0 Å². The molecule has 0 fully saturated rings. The number of hydrogen-bond acceptors (Lipinski definition) is 2. The van der Waals surface area contributed by atoms with Crippen LogP contribution in [0.2, 0.25) is 0 Å². The maximum absolute atomic E-state index is 5.32. The zero-order valence-corrected chi connectivity index (χ0v) is 13.0. The van der Waals surface area contributed by atoms with Crippen LogP contribution in [0.1, 0.15) is 31.2 Å². The van der Waals surface area contributed by atoms with E-state index in [1.165, 1.54) is 9.13 Å². The molecular formula is C12H14IN3S. The van der Waals surface area contributed by atoms with Crippen LogP contribution in [0.3, 0.4) is 0 Å². The Morgan fingerprint density at radius 1 is 1.41 bits per heavy atom. The van der Waals surface area contributed by atoms with Gasteiger partial charge < -0.3 is 0 Å². The standard InChI is InChI=1S/C12H14IN3S/c1-7(2)11-14-15-12(17)16(11)10-6-9(13)5-4-8(10)3/h4-7H,1-3H3,(H,15,17). The van der Waals surface area contributed by atoms with E-state index in [1.807, 2.05) is 4.57 Å². The summed E-state index contributed by atoms with van der Waals surface area (Å²) < 4.78 is 3.87. The molecule has 17 heavy (non-hydrogen) atoms. The molecule has 0 radical (unpaired) electrons. The highest BCUT2D eigenvalue weighted by Gasteiger charge is 2.13. The second-order valence-electron chi connectivity index (χ2n) is 4.31. The monoisotopic (exact) mass is 359 g/mol. The van der Waals surface area contributed by atoms with Gasteiger partial charge in [0, 0.05) is 9.49 Å². The molecule has 5 heteroatoms. The van der Waals surface area contributed by atoms with E-state index in [-0.39, 0.29) is 0 Å². The summed E-state index contributed by atoms with van der Waals surface area (Å²) in [6.07, 6.45) is 0. The van der Waals surface area contributed by atoms with Gasteiger partial charge in [-0.2, -0.15) is 5.10 Å². The van der Waals surface area contributed by atoms with Crippen molar-refractivity contribution in [2.45, 2.75) is 26.7 Å². The Balaban J connectivity index is 2.72. The minimum Gasteiger partial charge on any atom is -0.272 e. The second kappa shape index (κ2) is 4.89. The maximum Gasteiger partial charge on any atom is 0.199 e. The molecule has 0 saturated heterocycles. The lowest BCUT2D eigenvalue weighted by atomic mass is 10.1. The van der Waals surface area contributed by atoms with E-state index >= 15 is 0 Å². The first-order chi connectivity index (χ1) is 8.00. The number of aromatic nitrogens is 3. The zero-order valence-electron chi connectivity index (χ0n) is 9.99. The van der Waals surface area contributed by atoms with Crippen LogP contribution in [-0.2, 0) is 0 Å². The average molecular weight is 359 g/mol. The molecule has 0 amide bonds. The fourth-order valence-corrected chi connectivity index (χ4v) is 2.46. The molecule has 0 aliphatic carbocycles. The smallest absolute Gasteiger partial charge is 0.199 e. The summed E-state index contributed by atoms with van der Waals surface area (Å²) in [6, 6.07) is 6.33. The largest absolute Gasteiger partial charge is 0.272 e. The molecule has 0 aliphatic rings. The number of H-pyrrole nitrogens is 1. The van der Waals surface area contributed by atoms with Gasteiger partial charge in [-0.05, 0) is 59.4 Å². The number of nitrogens with one attached hydrogen (secondary N) is 1. The van der Waals surface area contributed by atoms with Gasteiger partial charge in [0.05, 0.1) is 5.69 Å². The molecule has 2 rings (SSSR count).